The molecule has 3 nitrogen and oxygen atoms in total. The van der Waals surface area contributed by atoms with Crippen LogP contribution in [-0.4, -0.2) is 28.9 Å². The smallest absolute Gasteiger partial charge is 0.146 e. The Morgan fingerprint density at radius 2 is 2.12 bits per heavy atom. The number of alkyl halides is 1. The summed E-state index contributed by atoms with van der Waals surface area (Å²) in [5, 5.41) is 19.4. The first kappa shape index (κ1) is 12.3. The zero-order valence-electron chi connectivity index (χ0n) is 9.51. The molecule has 1 aromatic carbocycles. The van der Waals surface area contributed by atoms with Gasteiger partial charge in [-0.2, -0.15) is 0 Å². The molecule has 2 rings (SSSR count). The highest BCUT2D eigenvalue weighted by Crippen LogP contribution is 2.31. The van der Waals surface area contributed by atoms with Crippen molar-refractivity contribution in [2.24, 2.45) is 0 Å². The van der Waals surface area contributed by atoms with E-state index in [0.717, 1.165) is 30.6 Å². The van der Waals surface area contributed by atoms with Gasteiger partial charge < -0.3 is 15.1 Å². The second kappa shape index (κ2) is 5.43. The minimum Gasteiger partial charge on any atom is -0.508 e. The number of aromatic hydroxyl groups is 1. The number of hydrogen-bond acceptors (Lipinski definition) is 3. The van der Waals surface area contributed by atoms with Gasteiger partial charge in [0.25, 0.3) is 0 Å². The van der Waals surface area contributed by atoms with Crippen molar-refractivity contribution in [1.29, 1.82) is 0 Å². The van der Waals surface area contributed by atoms with Crippen molar-refractivity contribution in [3.05, 3.63) is 29.8 Å². The first-order valence-corrected chi connectivity index (χ1v) is 6.27. The number of aliphatic hydroxyl groups is 1. The predicted molar refractivity (Wildman–Crippen MR) is 70.4 cm³/mol. The number of anilines is 1. The molecule has 0 saturated heterocycles. The third-order valence-corrected chi connectivity index (χ3v) is 3.14. The predicted octanol–water partition coefficient (Wildman–Crippen LogP) is 2.56. The second-order valence-electron chi connectivity index (χ2n) is 4.11. The van der Waals surface area contributed by atoms with Crippen LogP contribution in [0.15, 0.2) is 24.3 Å². The summed E-state index contributed by atoms with van der Waals surface area (Å²) in [4.78, 5) is 1.88. The van der Waals surface area contributed by atoms with Gasteiger partial charge in [0.05, 0.1) is 0 Å². The average molecular weight is 254 g/mol. The van der Waals surface area contributed by atoms with E-state index in [1.807, 2.05) is 17.0 Å². The van der Waals surface area contributed by atoms with E-state index in [2.05, 4.69) is 0 Å². The van der Waals surface area contributed by atoms with Crippen molar-refractivity contribution >= 4 is 23.4 Å². The van der Waals surface area contributed by atoms with Crippen LogP contribution in [0.3, 0.4) is 0 Å². The molecular formula is C13H16ClNO2. The van der Waals surface area contributed by atoms with Gasteiger partial charge in [-0.3, -0.25) is 0 Å². The van der Waals surface area contributed by atoms with E-state index in [4.69, 9.17) is 11.6 Å². The highest BCUT2D eigenvalue weighted by atomic mass is 35.5. The lowest BCUT2D eigenvalue weighted by Crippen LogP contribution is -2.36. The minimum absolute atomic E-state index is 0.216. The number of hydrogen-bond donors (Lipinski definition) is 2. The first-order valence-electron chi connectivity index (χ1n) is 5.74. The number of unbranched alkanes of at least 4 members (excludes halogenated alkanes) is 1. The Balaban J connectivity index is 2.20. The number of aliphatic hydroxyl groups excluding tert-OH is 1. The van der Waals surface area contributed by atoms with Crippen LogP contribution in [0.5, 0.6) is 5.75 Å². The number of benzene rings is 1. The van der Waals surface area contributed by atoms with Gasteiger partial charge in [0.15, 0.2) is 0 Å². The number of rotatable bonds is 4. The van der Waals surface area contributed by atoms with Crippen LogP contribution in [-0.2, 0) is 0 Å². The molecule has 1 aliphatic heterocycles. The minimum atomic E-state index is -0.625. The fraction of sp³-hybridized carbons (Fsp3) is 0.385. The number of halogens is 1. The Hall–Kier alpha value is -1.19. The van der Waals surface area contributed by atoms with Crippen LogP contribution < -0.4 is 4.90 Å². The summed E-state index contributed by atoms with van der Waals surface area (Å²) >= 11 is 5.65. The Labute approximate surface area is 106 Å². The van der Waals surface area contributed by atoms with Crippen molar-refractivity contribution in [3.8, 4) is 5.75 Å². The topological polar surface area (TPSA) is 43.7 Å². The molecule has 1 atom stereocenters. The van der Waals surface area contributed by atoms with E-state index in [-0.39, 0.29) is 5.75 Å². The zero-order chi connectivity index (χ0) is 12.3. The summed E-state index contributed by atoms with van der Waals surface area (Å²) in [7, 11) is 0. The fourth-order valence-electron chi connectivity index (χ4n) is 1.99. The summed E-state index contributed by atoms with van der Waals surface area (Å²) in [5.74, 6) is 0.848. The molecule has 0 spiro atoms. The Morgan fingerprint density at radius 3 is 2.88 bits per heavy atom. The SMILES string of the molecule is Oc1ccc2c(c1)N(CCCCCl)C(O)C=C2. The van der Waals surface area contributed by atoms with Gasteiger partial charge in [0.1, 0.15) is 12.0 Å². The maximum atomic E-state index is 9.93. The maximum Gasteiger partial charge on any atom is 0.146 e. The van der Waals surface area contributed by atoms with Crippen LogP contribution in [0.1, 0.15) is 18.4 Å². The van der Waals surface area contributed by atoms with Gasteiger partial charge in [-0.15, -0.1) is 11.6 Å². The van der Waals surface area contributed by atoms with Crippen molar-refractivity contribution in [2.45, 2.75) is 19.1 Å². The van der Waals surface area contributed by atoms with Crippen molar-refractivity contribution in [3.63, 3.8) is 0 Å². The summed E-state index contributed by atoms with van der Waals surface area (Å²) < 4.78 is 0. The van der Waals surface area contributed by atoms with Crippen LogP contribution in [0.4, 0.5) is 5.69 Å². The molecule has 0 radical (unpaired) electrons. The lowest BCUT2D eigenvalue weighted by atomic mass is 10.1. The molecule has 1 unspecified atom stereocenters. The lowest BCUT2D eigenvalue weighted by Gasteiger charge is -2.32. The van der Waals surface area contributed by atoms with Crippen LogP contribution >= 0.6 is 11.6 Å². The van der Waals surface area contributed by atoms with Gasteiger partial charge in [0.2, 0.25) is 0 Å². The molecule has 0 saturated carbocycles. The first-order chi connectivity index (χ1) is 8.22. The molecule has 2 N–H and O–H groups in total. The van der Waals surface area contributed by atoms with Gasteiger partial charge in [0, 0.05) is 24.2 Å². The fourth-order valence-corrected chi connectivity index (χ4v) is 2.18. The Kier molecular flexibility index (Phi) is 3.92. The Bertz CT molecular complexity index is 420. The molecule has 0 amide bonds. The molecule has 0 aliphatic carbocycles. The molecule has 1 aromatic rings. The quantitative estimate of drug-likeness (QED) is 0.640. The highest BCUT2D eigenvalue weighted by molar-refractivity contribution is 6.17. The molecule has 4 heteroatoms. The lowest BCUT2D eigenvalue weighted by molar-refractivity contribution is 0.215. The summed E-state index contributed by atoms with van der Waals surface area (Å²) in [6, 6.07) is 5.18. The number of nitrogens with zero attached hydrogens (tertiary/aromatic N) is 1. The highest BCUT2D eigenvalue weighted by Gasteiger charge is 2.20. The van der Waals surface area contributed by atoms with E-state index >= 15 is 0 Å². The molecular weight excluding hydrogens is 238 g/mol. The molecule has 17 heavy (non-hydrogen) atoms. The van der Waals surface area contributed by atoms with Crippen LogP contribution in [0.25, 0.3) is 6.08 Å². The molecule has 1 aliphatic rings. The van der Waals surface area contributed by atoms with E-state index < -0.39 is 6.23 Å². The van der Waals surface area contributed by atoms with Gasteiger partial charge >= 0.3 is 0 Å². The van der Waals surface area contributed by atoms with Gasteiger partial charge in [-0.1, -0.05) is 6.08 Å². The van der Waals surface area contributed by atoms with Crippen LogP contribution in [0, 0.1) is 0 Å². The van der Waals surface area contributed by atoms with E-state index in [1.54, 1.807) is 18.2 Å². The van der Waals surface area contributed by atoms with Crippen molar-refractivity contribution in [2.75, 3.05) is 17.3 Å². The molecule has 0 bridgehead atoms. The van der Waals surface area contributed by atoms with Gasteiger partial charge in [-0.05, 0) is 36.6 Å². The summed E-state index contributed by atoms with van der Waals surface area (Å²) in [6.07, 6.45) is 4.84. The third-order valence-electron chi connectivity index (χ3n) is 2.87. The normalized spacial score (nSPS) is 18.2. The number of fused-ring (bicyclic) bond motifs is 1. The molecule has 92 valence electrons. The maximum absolute atomic E-state index is 9.93. The van der Waals surface area contributed by atoms with E-state index in [9.17, 15) is 10.2 Å². The molecule has 0 aromatic heterocycles. The Morgan fingerprint density at radius 1 is 1.29 bits per heavy atom. The molecule has 1 heterocycles. The largest absolute Gasteiger partial charge is 0.508 e. The monoisotopic (exact) mass is 253 g/mol. The van der Waals surface area contributed by atoms with Crippen molar-refractivity contribution < 1.29 is 10.2 Å². The molecule has 0 fully saturated rings. The second-order valence-corrected chi connectivity index (χ2v) is 4.48. The third kappa shape index (κ3) is 2.73. The summed E-state index contributed by atoms with van der Waals surface area (Å²) in [6.45, 7) is 0.731. The van der Waals surface area contributed by atoms with E-state index in [1.165, 1.54) is 0 Å². The van der Waals surface area contributed by atoms with Crippen molar-refractivity contribution in [1.82, 2.24) is 0 Å². The van der Waals surface area contributed by atoms with Crippen LogP contribution in [0.2, 0.25) is 0 Å². The number of phenols is 1. The number of phenolic OH excluding ortho intramolecular Hbond substituents is 1. The zero-order valence-corrected chi connectivity index (χ0v) is 10.3. The standard InChI is InChI=1S/C13H16ClNO2/c14-7-1-2-8-15-12-9-11(16)5-3-10(12)4-6-13(15)17/h3-6,9,13,16-17H,1-2,7-8H2. The van der Waals surface area contributed by atoms with E-state index in [0.29, 0.717) is 5.88 Å². The summed E-state index contributed by atoms with van der Waals surface area (Å²) in [5.41, 5.74) is 1.88. The van der Waals surface area contributed by atoms with Gasteiger partial charge in [-0.25, -0.2) is 0 Å². The average Bonchev–Trinajstić information content (AvgIpc) is 2.32.